The normalized spacial score (nSPS) is 11.9. The number of nitrogens with zero attached hydrogens (tertiary/aromatic N) is 1. The molecular formula is C13H18N2O5S. The van der Waals surface area contributed by atoms with E-state index in [1.807, 2.05) is 0 Å². The van der Waals surface area contributed by atoms with Crippen LogP contribution >= 0.6 is 11.3 Å². The maximum atomic E-state index is 11.5. The van der Waals surface area contributed by atoms with Crippen molar-refractivity contribution in [1.82, 2.24) is 5.32 Å². The number of oxime groups is 1. The lowest BCUT2D eigenvalue weighted by Crippen LogP contribution is -2.31. The summed E-state index contributed by atoms with van der Waals surface area (Å²) in [6.07, 6.45) is -0.526. The minimum Gasteiger partial charge on any atom is -0.476 e. The van der Waals surface area contributed by atoms with E-state index in [1.54, 1.807) is 32.9 Å². The highest BCUT2D eigenvalue weighted by atomic mass is 32.1. The number of rotatable bonds is 5. The number of amides is 1. The van der Waals surface area contributed by atoms with E-state index in [0.717, 1.165) is 4.88 Å². The predicted molar refractivity (Wildman–Crippen MR) is 78.6 cm³/mol. The summed E-state index contributed by atoms with van der Waals surface area (Å²) in [6.45, 7) is 5.57. The molecule has 1 rings (SSSR count). The van der Waals surface area contributed by atoms with Crippen molar-refractivity contribution in [3.05, 3.63) is 21.9 Å². The van der Waals surface area contributed by atoms with Gasteiger partial charge in [0, 0.05) is 4.88 Å². The highest BCUT2D eigenvalue weighted by Gasteiger charge is 2.18. The second kappa shape index (κ2) is 7.07. The maximum Gasteiger partial charge on any atom is 0.407 e. The van der Waals surface area contributed by atoms with Gasteiger partial charge >= 0.3 is 12.1 Å². The lowest BCUT2D eigenvalue weighted by molar-refractivity contribution is -0.129. The Kier molecular flexibility index (Phi) is 5.71. The molecule has 1 heterocycles. The lowest BCUT2D eigenvalue weighted by atomic mass is 10.2. The van der Waals surface area contributed by atoms with Crippen LogP contribution in [0.5, 0.6) is 0 Å². The summed E-state index contributed by atoms with van der Waals surface area (Å²) in [5.41, 5.74) is -0.738. The molecule has 1 aromatic rings. The van der Waals surface area contributed by atoms with Crippen molar-refractivity contribution < 1.29 is 24.3 Å². The van der Waals surface area contributed by atoms with E-state index in [4.69, 9.17) is 9.84 Å². The van der Waals surface area contributed by atoms with E-state index in [0.29, 0.717) is 4.88 Å². The molecule has 0 aromatic carbocycles. The third-order valence-electron chi connectivity index (χ3n) is 2.09. The van der Waals surface area contributed by atoms with Gasteiger partial charge in [0.15, 0.2) is 0 Å². The molecule has 7 nitrogen and oxygen atoms in total. The number of alkyl carbamates (subject to hydrolysis) is 1. The molecule has 1 amide bonds. The van der Waals surface area contributed by atoms with Crippen molar-refractivity contribution in [2.75, 3.05) is 7.11 Å². The van der Waals surface area contributed by atoms with Crippen LogP contribution in [-0.2, 0) is 20.9 Å². The quantitative estimate of drug-likeness (QED) is 0.641. The van der Waals surface area contributed by atoms with Crippen LogP contribution in [0.25, 0.3) is 0 Å². The van der Waals surface area contributed by atoms with Crippen molar-refractivity contribution in [2.45, 2.75) is 32.9 Å². The van der Waals surface area contributed by atoms with Gasteiger partial charge in [-0.1, -0.05) is 5.16 Å². The Bertz CT molecular complexity index is 545. The van der Waals surface area contributed by atoms with E-state index < -0.39 is 17.7 Å². The molecule has 0 fully saturated rings. The number of aliphatic carboxylic acids is 1. The predicted octanol–water partition coefficient (Wildman–Crippen LogP) is 2.21. The Balaban J connectivity index is 2.66. The van der Waals surface area contributed by atoms with Gasteiger partial charge in [-0.15, -0.1) is 11.3 Å². The van der Waals surface area contributed by atoms with Crippen LogP contribution in [0, 0.1) is 0 Å². The summed E-state index contributed by atoms with van der Waals surface area (Å²) in [5.74, 6) is -1.18. The molecule has 0 aliphatic rings. The summed E-state index contributed by atoms with van der Waals surface area (Å²) in [4.78, 5) is 28.3. The van der Waals surface area contributed by atoms with Gasteiger partial charge in [-0.05, 0) is 32.9 Å². The Hall–Kier alpha value is -2.09. The van der Waals surface area contributed by atoms with Crippen molar-refractivity contribution in [2.24, 2.45) is 5.16 Å². The van der Waals surface area contributed by atoms with Gasteiger partial charge in [0.05, 0.1) is 11.4 Å². The van der Waals surface area contributed by atoms with Gasteiger partial charge in [0.2, 0.25) is 5.71 Å². The molecule has 0 bridgehead atoms. The molecular weight excluding hydrogens is 296 g/mol. The zero-order valence-corrected chi connectivity index (χ0v) is 13.1. The van der Waals surface area contributed by atoms with Crippen molar-refractivity contribution >= 4 is 29.1 Å². The second-order valence-electron chi connectivity index (χ2n) is 5.05. The average Bonchev–Trinajstić information content (AvgIpc) is 2.79. The molecule has 1 aromatic heterocycles. The third-order valence-corrected chi connectivity index (χ3v) is 3.18. The fraction of sp³-hybridized carbons (Fsp3) is 0.462. The van der Waals surface area contributed by atoms with Crippen LogP contribution in [0.3, 0.4) is 0 Å². The monoisotopic (exact) mass is 314 g/mol. The summed E-state index contributed by atoms with van der Waals surface area (Å²) in [6, 6.07) is 3.33. The number of hydrogen-bond acceptors (Lipinski definition) is 6. The molecule has 116 valence electrons. The maximum absolute atomic E-state index is 11.5. The molecule has 0 aliphatic carbocycles. The van der Waals surface area contributed by atoms with Gasteiger partial charge in [-0.2, -0.15) is 0 Å². The van der Waals surface area contributed by atoms with Crippen LogP contribution in [0.15, 0.2) is 17.3 Å². The highest BCUT2D eigenvalue weighted by molar-refractivity contribution is 7.14. The van der Waals surface area contributed by atoms with E-state index in [1.165, 1.54) is 18.4 Å². The molecule has 0 unspecified atom stereocenters. The van der Waals surface area contributed by atoms with E-state index in [9.17, 15) is 9.59 Å². The Morgan fingerprint density at radius 1 is 1.38 bits per heavy atom. The molecule has 0 saturated heterocycles. The first-order chi connectivity index (χ1) is 9.73. The van der Waals surface area contributed by atoms with Crippen molar-refractivity contribution in [3.8, 4) is 0 Å². The highest BCUT2D eigenvalue weighted by Crippen LogP contribution is 2.18. The first-order valence-electron chi connectivity index (χ1n) is 6.13. The number of carbonyl (C=O) groups excluding carboxylic acids is 1. The van der Waals surface area contributed by atoms with Gasteiger partial charge in [-0.3, -0.25) is 0 Å². The first kappa shape index (κ1) is 17.0. The number of carboxylic acid groups (broad SMARTS) is 1. The third kappa shape index (κ3) is 5.82. The molecule has 0 spiro atoms. The Morgan fingerprint density at radius 2 is 2.05 bits per heavy atom. The number of carboxylic acids is 1. The molecule has 0 atom stereocenters. The standard InChI is InChI=1S/C13H18N2O5S/c1-13(2,3)20-12(18)14-7-8-5-6-9(21-8)10(11(16)17)15-19-4/h5-6H,7H2,1-4H3,(H,14,18)(H,16,17)/b15-10-. The van der Waals surface area contributed by atoms with Gasteiger partial charge in [0.1, 0.15) is 12.7 Å². The Morgan fingerprint density at radius 3 is 2.57 bits per heavy atom. The minimum atomic E-state index is -1.18. The lowest BCUT2D eigenvalue weighted by Gasteiger charge is -2.19. The summed E-state index contributed by atoms with van der Waals surface area (Å²) >= 11 is 1.21. The second-order valence-corrected chi connectivity index (χ2v) is 6.22. The minimum absolute atomic E-state index is 0.175. The molecule has 21 heavy (non-hydrogen) atoms. The number of ether oxygens (including phenoxy) is 1. The zero-order valence-electron chi connectivity index (χ0n) is 12.3. The number of hydrogen-bond donors (Lipinski definition) is 2. The van der Waals surface area contributed by atoms with Crippen LogP contribution in [0.2, 0.25) is 0 Å². The summed E-state index contributed by atoms with van der Waals surface area (Å²) in [5, 5.41) is 15.1. The number of carbonyl (C=O) groups is 2. The SMILES string of the molecule is CO/N=C(\C(=O)O)c1ccc(CNC(=O)OC(C)(C)C)s1. The molecule has 0 radical (unpaired) electrons. The fourth-order valence-corrected chi connectivity index (χ4v) is 2.27. The van der Waals surface area contributed by atoms with Crippen LogP contribution in [-0.4, -0.2) is 35.6 Å². The van der Waals surface area contributed by atoms with E-state index in [2.05, 4.69) is 15.3 Å². The van der Waals surface area contributed by atoms with Crippen LogP contribution < -0.4 is 5.32 Å². The van der Waals surface area contributed by atoms with Gasteiger partial charge < -0.3 is 20.0 Å². The smallest absolute Gasteiger partial charge is 0.407 e. The topological polar surface area (TPSA) is 97.2 Å². The van der Waals surface area contributed by atoms with Crippen molar-refractivity contribution in [3.63, 3.8) is 0 Å². The molecule has 2 N–H and O–H groups in total. The summed E-state index contributed by atoms with van der Waals surface area (Å²) in [7, 11) is 1.28. The van der Waals surface area contributed by atoms with Gasteiger partial charge in [0.25, 0.3) is 0 Å². The zero-order chi connectivity index (χ0) is 16.0. The number of nitrogens with one attached hydrogen (secondary N) is 1. The van der Waals surface area contributed by atoms with E-state index >= 15 is 0 Å². The van der Waals surface area contributed by atoms with Gasteiger partial charge in [-0.25, -0.2) is 9.59 Å². The average molecular weight is 314 g/mol. The summed E-state index contributed by atoms with van der Waals surface area (Å²) < 4.78 is 5.11. The van der Waals surface area contributed by atoms with Crippen molar-refractivity contribution in [1.29, 1.82) is 0 Å². The molecule has 0 saturated carbocycles. The Labute approximate surface area is 126 Å². The first-order valence-corrected chi connectivity index (χ1v) is 6.95. The largest absolute Gasteiger partial charge is 0.476 e. The van der Waals surface area contributed by atoms with Crippen LogP contribution in [0.1, 0.15) is 30.5 Å². The van der Waals surface area contributed by atoms with Crippen LogP contribution in [0.4, 0.5) is 4.79 Å². The number of thiophene rings is 1. The molecule has 0 aliphatic heterocycles. The van der Waals surface area contributed by atoms with E-state index in [-0.39, 0.29) is 12.3 Å². The fourth-order valence-electron chi connectivity index (χ4n) is 1.35. The molecule has 8 heteroatoms.